The molecule has 0 spiro atoms. The molecule has 1 aromatic carbocycles. The van der Waals surface area contributed by atoms with Crippen LogP contribution in [0.2, 0.25) is 0 Å². The van der Waals surface area contributed by atoms with Gasteiger partial charge in [-0.1, -0.05) is 22.0 Å². The van der Waals surface area contributed by atoms with Gasteiger partial charge in [0, 0.05) is 34.6 Å². The number of aryl methyl sites for hydroxylation is 1. The van der Waals surface area contributed by atoms with Gasteiger partial charge < -0.3 is 9.88 Å². The van der Waals surface area contributed by atoms with E-state index in [1.165, 1.54) is 28.2 Å². The monoisotopic (exact) mass is 320 g/mol. The van der Waals surface area contributed by atoms with E-state index < -0.39 is 0 Å². The van der Waals surface area contributed by atoms with Gasteiger partial charge in [0.25, 0.3) is 0 Å². The number of rotatable bonds is 4. The average molecular weight is 321 g/mol. The molecule has 1 N–H and O–H groups in total. The number of aromatic nitrogens is 1. The van der Waals surface area contributed by atoms with Crippen LogP contribution in [0.5, 0.6) is 0 Å². The van der Waals surface area contributed by atoms with Gasteiger partial charge in [-0.2, -0.15) is 0 Å². The molecule has 1 heterocycles. The number of benzene rings is 1. The van der Waals surface area contributed by atoms with Crippen molar-refractivity contribution >= 4 is 21.6 Å². The van der Waals surface area contributed by atoms with Crippen LogP contribution in [0.25, 0.3) is 0 Å². The minimum atomic E-state index is 0.872. The van der Waals surface area contributed by atoms with Gasteiger partial charge in [-0.3, -0.25) is 0 Å². The fraction of sp³-hybridized carbons (Fsp3) is 0.375. The molecular weight excluding hydrogens is 300 g/mol. The van der Waals surface area contributed by atoms with Gasteiger partial charge in [0.15, 0.2) is 0 Å². The first-order chi connectivity index (χ1) is 9.04. The molecule has 0 atom stereocenters. The van der Waals surface area contributed by atoms with Crippen molar-refractivity contribution in [3.05, 3.63) is 51.3 Å². The van der Waals surface area contributed by atoms with Crippen LogP contribution in [-0.2, 0) is 13.1 Å². The summed E-state index contributed by atoms with van der Waals surface area (Å²) in [6, 6.07) is 8.54. The third-order valence-electron chi connectivity index (χ3n) is 3.73. The number of nitrogens with zero attached hydrogens (tertiary/aromatic N) is 1. The Bertz CT molecular complexity index is 585. The topological polar surface area (TPSA) is 17.0 Å². The van der Waals surface area contributed by atoms with Crippen LogP contribution < -0.4 is 5.32 Å². The Hall–Kier alpha value is -1.22. The summed E-state index contributed by atoms with van der Waals surface area (Å²) >= 11 is 3.57. The molecule has 0 saturated heterocycles. The van der Waals surface area contributed by atoms with Gasteiger partial charge >= 0.3 is 0 Å². The van der Waals surface area contributed by atoms with Crippen LogP contribution >= 0.6 is 15.9 Å². The highest BCUT2D eigenvalue weighted by atomic mass is 79.9. The highest BCUT2D eigenvalue weighted by molar-refractivity contribution is 9.10. The lowest BCUT2D eigenvalue weighted by atomic mass is 10.2. The molecule has 2 nitrogen and oxygen atoms in total. The Kier molecular flexibility index (Phi) is 4.35. The van der Waals surface area contributed by atoms with Gasteiger partial charge in [-0.05, 0) is 57.0 Å². The standard InChI is InChI=1S/C16H21BrN2/c1-5-19-11(2)9-14(13(19)4)10-18-16-8-6-7-15(17)12(16)3/h6-9,18H,5,10H2,1-4H3. The second-order valence-corrected chi connectivity index (χ2v) is 5.76. The van der Waals surface area contributed by atoms with Crippen LogP contribution in [-0.4, -0.2) is 4.57 Å². The second-order valence-electron chi connectivity index (χ2n) is 4.91. The van der Waals surface area contributed by atoms with Crippen molar-refractivity contribution in [1.82, 2.24) is 4.57 Å². The van der Waals surface area contributed by atoms with E-state index in [4.69, 9.17) is 0 Å². The highest BCUT2D eigenvalue weighted by Gasteiger charge is 2.08. The summed E-state index contributed by atoms with van der Waals surface area (Å²) < 4.78 is 3.50. The molecule has 2 aromatic rings. The zero-order valence-electron chi connectivity index (χ0n) is 12.0. The maximum absolute atomic E-state index is 3.57. The van der Waals surface area contributed by atoms with Crippen LogP contribution in [0.3, 0.4) is 0 Å². The number of anilines is 1. The Labute approximate surface area is 124 Å². The molecule has 0 aliphatic heterocycles. The first kappa shape index (κ1) is 14.2. The number of nitrogens with one attached hydrogen (secondary N) is 1. The minimum absolute atomic E-state index is 0.872. The number of hydrogen-bond donors (Lipinski definition) is 1. The molecular formula is C16H21BrN2. The first-order valence-corrected chi connectivity index (χ1v) is 7.48. The number of hydrogen-bond acceptors (Lipinski definition) is 1. The summed E-state index contributed by atoms with van der Waals surface area (Å²) in [5.74, 6) is 0. The molecule has 0 fully saturated rings. The summed E-state index contributed by atoms with van der Waals surface area (Å²) in [6.45, 7) is 10.6. The lowest BCUT2D eigenvalue weighted by Gasteiger charge is -2.11. The Balaban J connectivity index is 2.17. The quantitative estimate of drug-likeness (QED) is 0.855. The Morgan fingerprint density at radius 2 is 1.95 bits per heavy atom. The molecule has 0 radical (unpaired) electrons. The largest absolute Gasteiger partial charge is 0.381 e. The summed E-state index contributed by atoms with van der Waals surface area (Å²) in [5.41, 5.74) is 6.52. The molecule has 1 aromatic heterocycles. The highest BCUT2D eigenvalue weighted by Crippen LogP contribution is 2.24. The summed E-state index contributed by atoms with van der Waals surface area (Å²) in [6.07, 6.45) is 0. The maximum Gasteiger partial charge on any atom is 0.0418 e. The van der Waals surface area contributed by atoms with E-state index in [9.17, 15) is 0 Å². The Morgan fingerprint density at radius 1 is 1.21 bits per heavy atom. The van der Waals surface area contributed by atoms with Crippen LogP contribution in [0.15, 0.2) is 28.7 Å². The molecule has 2 rings (SSSR count). The SMILES string of the molecule is CCn1c(C)cc(CNc2cccc(Br)c2C)c1C. The Morgan fingerprint density at radius 3 is 2.58 bits per heavy atom. The fourth-order valence-electron chi connectivity index (χ4n) is 2.53. The van der Waals surface area contributed by atoms with Crippen molar-refractivity contribution in [2.24, 2.45) is 0 Å². The summed E-state index contributed by atoms with van der Waals surface area (Å²) in [5, 5.41) is 3.53. The van der Waals surface area contributed by atoms with Gasteiger partial charge in [0.1, 0.15) is 0 Å². The van der Waals surface area contributed by atoms with Crippen LogP contribution in [0, 0.1) is 20.8 Å². The summed E-state index contributed by atoms with van der Waals surface area (Å²) in [7, 11) is 0. The first-order valence-electron chi connectivity index (χ1n) is 6.69. The normalized spacial score (nSPS) is 10.8. The van der Waals surface area contributed by atoms with Gasteiger partial charge in [0.2, 0.25) is 0 Å². The smallest absolute Gasteiger partial charge is 0.0418 e. The van der Waals surface area contributed by atoms with Crippen LogP contribution in [0.4, 0.5) is 5.69 Å². The fourth-order valence-corrected chi connectivity index (χ4v) is 2.89. The zero-order valence-corrected chi connectivity index (χ0v) is 13.6. The van der Waals surface area contributed by atoms with E-state index >= 15 is 0 Å². The summed E-state index contributed by atoms with van der Waals surface area (Å²) in [4.78, 5) is 0. The minimum Gasteiger partial charge on any atom is -0.381 e. The average Bonchev–Trinajstić information content (AvgIpc) is 2.66. The van der Waals surface area contributed by atoms with Crippen molar-refractivity contribution < 1.29 is 0 Å². The van der Waals surface area contributed by atoms with Gasteiger partial charge in [-0.25, -0.2) is 0 Å². The molecule has 0 unspecified atom stereocenters. The van der Waals surface area contributed by atoms with Gasteiger partial charge in [-0.15, -0.1) is 0 Å². The van der Waals surface area contributed by atoms with Crippen molar-refractivity contribution in [1.29, 1.82) is 0 Å². The maximum atomic E-state index is 3.57. The third-order valence-corrected chi connectivity index (χ3v) is 4.59. The van der Waals surface area contributed by atoms with Crippen molar-refractivity contribution in [2.75, 3.05) is 5.32 Å². The molecule has 102 valence electrons. The molecule has 0 amide bonds. The molecule has 0 bridgehead atoms. The third kappa shape index (κ3) is 2.86. The van der Waals surface area contributed by atoms with E-state index in [2.05, 4.69) is 77.8 Å². The van der Waals surface area contributed by atoms with E-state index in [-0.39, 0.29) is 0 Å². The lowest BCUT2D eigenvalue weighted by molar-refractivity contribution is 0.715. The molecule has 0 aliphatic carbocycles. The second kappa shape index (κ2) is 5.83. The molecule has 19 heavy (non-hydrogen) atoms. The van der Waals surface area contributed by atoms with E-state index in [1.807, 2.05) is 0 Å². The number of halogens is 1. The molecule has 3 heteroatoms. The van der Waals surface area contributed by atoms with E-state index in [0.717, 1.165) is 17.6 Å². The predicted octanol–water partition coefficient (Wildman–Crippen LogP) is 4.81. The van der Waals surface area contributed by atoms with Gasteiger partial charge in [0.05, 0.1) is 0 Å². The molecule has 0 aliphatic rings. The van der Waals surface area contributed by atoms with Crippen LogP contribution in [0.1, 0.15) is 29.4 Å². The lowest BCUT2D eigenvalue weighted by Crippen LogP contribution is -2.04. The van der Waals surface area contributed by atoms with Crippen molar-refractivity contribution in [2.45, 2.75) is 40.8 Å². The van der Waals surface area contributed by atoms with Crippen molar-refractivity contribution in [3.8, 4) is 0 Å². The van der Waals surface area contributed by atoms with E-state index in [1.54, 1.807) is 0 Å². The molecule has 0 saturated carbocycles. The van der Waals surface area contributed by atoms with E-state index in [0.29, 0.717) is 0 Å². The van der Waals surface area contributed by atoms with Crippen molar-refractivity contribution in [3.63, 3.8) is 0 Å². The predicted molar refractivity (Wildman–Crippen MR) is 85.8 cm³/mol. The zero-order chi connectivity index (χ0) is 14.0.